The Balaban J connectivity index is 2.86. The first-order valence-corrected chi connectivity index (χ1v) is 6.43. The highest BCUT2D eigenvalue weighted by Gasteiger charge is 2.20. The summed E-state index contributed by atoms with van der Waals surface area (Å²) in [6.07, 6.45) is 0.758. The lowest BCUT2D eigenvalue weighted by Gasteiger charge is -2.10. The first-order valence-electron chi connectivity index (χ1n) is 6.05. The van der Waals surface area contributed by atoms with Gasteiger partial charge in [-0.05, 0) is 6.42 Å². The highest BCUT2D eigenvalue weighted by Crippen LogP contribution is 2.18. The van der Waals surface area contributed by atoms with Crippen molar-refractivity contribution in [2.24, 2.45) is 0 Å². The molecule has 0 spiro atoms. The fraction of sp³-hybridized carbons (Fsp3) is 0.231. The summed E-state index contributed by atoms with van der Waals surface area (Å²) in [5, 5.41) is -0.175. The van der Waals surface area contributed by atoms with Crippen molar-refractivity contribution in [3.63, 3.8) is 0 Å². The van der Waals surface area contributed by atoms with Gasteiger partial charge in [0.2, 0.25) is 0 Å². The van der Waals surface area contributed by atoms with E-state index in [4.69, 9.17) is 11.6 Å². The molecule has 0 radical (unpaired) electrons. The molecule has 0 atom stereocenters. The SMILES string of the molecule is CCCc1c(Cl)[nH]c(=O)n(-c2c(F)cc(F)cc2F)c1=O. The summed E-state index contributed by atoms with van der Waals surface area (Å²) < 4.78 is 40.7. The normalized spacial score (nSPS) is 10.9. The number of H-pyrrole nitrogens is 1. The van der Waals surface area contributed by atoms with E-state index in [1.165, 1.54) is 0 Å². The predicted molar refractivity (Wildman–Crippen MR) is 71.5 cm³/mol. The van der Waals surface area contributed by atoms with Gasteiger partial charge in [-0.15, -0.1) is 0 Å². The molecule has 2 aromatic rings. The van der Waals surface area contributed by atoms with Crippen molar-refractivity contribution in [1.29, 1.82) is 0 Å². The molecule has 0 saturated carbocycles. The van der Waals surface area contributed by atoms with E-state index in [0.29, 0.717) is 18.6 Å². The van der Waals surface area contributed by atoms with E-state index in [-0.39, 0.29) is 21.7 Å². The molecule has 1 aromatic heterocycles. The van der Waals surface area contributed by atoms with Gasteiger partial charge < -0.3 is 0 Å². The minimum absolute atomic E-state index is 0.0295. The van der Waals surface area contributed by atoms with Crippen LogP contribution in [0, 0.1) is 17.5 Å². The third kappa shape index (κ3) is 2.73. The van der Waals surface area contributed by atoms with Crippen molar-refractivity contribution in [2.75, 3.05) is 0 Å². The molecule has 2 rings (SSSR count). The van der Waals surface area contributed by atoms with Crippen LogP contribution in [0.15, 0.2) is 21.7 Å². The first-order chi connectivity index (χ1) is 9.86. The van der Waals surface area contributed by atoms with Gasteiger partial charge in [0.1, 0.15) is 16.7 Å². The summed E-state index contributed by atoms with van der Waals surface area (Å²) in [5.41, 5.74) is -2.94. The Labute approximate surface area is 121 Å². The van der Waals surface area contributed by atoms with Gasteiger partial charge in [-0.25, -0.2) is 22.5 Å². The summed E-state index contributed by atoms with van der Waals surface area (Å²) in [7, 11) is 0. The van der Waals surface area contributed by atoms with Crippen molar-refractivity contribution in [2.45, 2.75) is 19.8 Å². The molecule has 1 aromatic carbocycles. The van der Waals surface area contributed by atoms with Gasteiger partial charge in [-0.2, -0.15) is 0 Å². The molecule has 0 fully saturated rings. The number of halogens is 4. The van der Waals surface area contributed by atoms with Gasteiger partial charge in [-0.1, -0.05) is 24.9 Å². The van der Waals surface area contributed by atoms with Crippen molar-refractivity contribution >= 4 is 11.6 Å². The quantitative estimate of drug-likeness (QED) is 0.884. The zero-order chi connectivity index (χ0) is 15.7. The van der Waals surface area contributed by atoms with Crippen LogP contribution >= 0.6 is 11.6 Å². The summed E-state index contributed by atoms with van der Waals surface area (Å²) in [4.78, 5) is 26.2. The Kier molecular flexibility index (Phi) is 4.22. The van der Waals surface area contributed by atoms with Crippen molar-refractivity contribution in [3.05, 3.63) is 61.1 Å². The molecule has 4 nitrogen and oxygen atoms in total. The fourth-order valence-corrected chi connectivity index (χ4v) is 2.22. The standard InChI is InChI=1S/C13H10ClF3N2O2/c1-2-3-7-11(14)18-13(21)19(12(7)20)10-8(16)4-6(15)5-9(10)17/h4-5H,2-3H2,1H3,(H,18,21). The molecule has 0 bridgehead atoms. The van der Waals surface area contributed by atoms with E-state index in [2.05, 4.69) is 4.98 Å². The maximum atomic E-state index is 13.7. The van der Waals surface area contributed by atoms with Crippen LogP contribution in [0.1, 0.15) is 18.9 Å². The minimum atomic E-state index is -1.36. The van der Waals surface area contributed by atoms with E-state index < -0.39 is 34.4 Å². The Morgan fingerprint density at radius 1 is 1.19 bits per heavy atom. The average molecular weight is 319 g/mol. The van der Waals surface area contributed by atoms with Gasteiger partial charge in [0.25, 0.3) is 5.56 Å². The van der Waals surface area contributed by atoms with Gasteiger partial charge >= 0.3 is 5.69 Å². The molecule has 0 saturated heterocycles. The molecular weight excluding hydrogens is 309 g/mol. The van der Waals surface area contributed by atoms with Gasteiger partial charge in [0.15, 0.2) is 11.6 Å². The maximum Gasteiger partial charge on any atom is 0.334 e. The number of hydrogen-bond acceptors (Lipinski definition) is 2. The zero-order valence-corrected chi connectivity index (χ0v) is 11.6. The van der Waals surface area contributed by atoms with Crippen molar-refractivity contribution in [3.8, 4) is 5.69 Å². The van der Waals surface area contributed by atoms with Crippen LogP contribution in [0.2, 0.25) is 5.15 Å². The van der Waals surface area contributed by atoms with Crippen LogP contribution in [0.4, 0.5) is 13.2 Å². The average Bonchev–Trinajstić information content (AvgIpc) is 2.37. The Hall–Kier alpha value is -2.02. The van der Waals surface area contributed by atoms with Crippen molar-refractivity contribution in [1.82, 2.24) is 9.55 Å². The second-order valence-corrected chi connectivity index (χ2v) is 4.71. The zero-order valence-electron chi connectivity index (χ0n) is 10.8. The molecule has 0 aliphatic rings. The minimum Gasteiger partial charge on any atom is -0.297 e. The maximum absolute atomic E-state index is 13.7. The van der Waals surface area contributed by atoms with Crippen LogP contribution in [-0.2, 0) is 6.42 Å². The van der Waals surface area contributed by atoms with E-state index in [1.807, 2.05) is 0 Å². The van der Waals surface area contributed by atoms with Gasteiger partial charge in [0.05, 0.1) is 5.56 Å². The highest BCUT2D eigenvalue weighted by atomic mass is 35.5. The molecule has 21 heavy (non-hydrogen) atoms. The van der Waals surface area contributed by atoms with E-state index >= 15 is 0 Å². The lowest BCUT2D eigenvalue weighted by Crippen LogP contribution is -2.37. The molecule has 0 unspecified atom stereocenters. The van der Waals surface area contributed by atoms with Crippen LogP contribution in [0.25, 0.3) is 5.69 Å². The fourth-order valence-electron chi connectivity index (χ4n) is 1.96. The van der Waals surface area contributed by atoms with Crippen LogP contribution in [0.3, 0.4) is 0 Å². The molecular formula is C13H10ClF3N2O2. The monoisotopic (exact) mass is 318 g/mol. The number of aromatic nitrogens is 2. The molecule has 8 heteroatoms. The summed E-state index contributed by atoms with van der Waals surface area (Å²) in [6.45, 7) is 1.77. The van der Waals surface area contributed by atoms with Crippen molar-refractivity contribution < 1.29 is 13.2 Å². The molecule has 1 N–H and O–H groups in total. The van der Waals surface area contributed by atoms with Crippen LogP contribution < -0.4 is 11.2 Å². The van der Waals surface area contributed by atoms with E-state index in [0.717, 1.165) is 0 Å². The number of rotatable bonds is 3. The number of benzene rings is 1. The second kappa shape index (κ2) is 5.77. The number of nitrogens with zero attached hydrogens (tertiary/aromatic N) is 1. The molecule has 0 aliphatic heterocycles. The smallest absolute Gasteiger partial charge is 0.297 e. The summed E-state index contributed by atoms with van der Waals surface area (Å²) >= 11 is 5.76. The Morgan fingerprint density at radius 2 is 1.76 bits per heavy atom. The number of nitrogens with one attached hydrogen (secondary N) is 1. The summed E-state index contributed by atoms with van der Waals surface area (Å²) in [6, 6.07) is 0.775. The number of hydrogen-bond donors (Lipinski definition) is 1. The molecule has 1 heterocycles. The molecule has 112 valence electrons. The second-order valence-electron chi connectivity index (χ2n) is 4.33. The largest absolute Gasteiger partial charge is 0.334 e. The van der Waals surface area contributed by atoms with Crippen LogP contribution in [0.5, 0.6) is 0 Å². The van der Waals surface area contributed by atoms with Crippen LogP contribution in [-0.4, -0.2) is 9.55 Å². The predicted octanol–water partition coefficient (Wildman–Crippen LogP) is 2.55. The lowest BCUT2D eigenvalue weighted by atomic mass is 10.2. The van der Waals surface area contributed by atoms with E-state index in [1.54, 1.807) is 6.92 Å². The third-order valence-electron chi connectivity index (χ3n) is 2.85. The summed E-state index contributed by atoms with van der Waals surface area (Å²) in [5.74, 6) is -3.87. The topological polar surface area (TPSA) is 54.9 Å². The van der Waals surface area contributed by atoms with Gasteiger partial charge in [-0.3, -0.25) is 9.78 Å². The highest BCUT2D eigenvalue weighted by molar-refractivity contribution is 6.30. The number of aromatic amines is 1. The molecule has 0 amide bonds. The van der Waals surface area contributed by atoms with Gasteiger partial charge in [0, 0.05) is 12.1 Å². The van der Waals surface area contributed by atoms with E-state index in [9.17, 15) is 22.8 Å². The molecule has 0 aliphatic carbocycles. The Bertz CT molecular complexity index is 791. The Morgan fingerprint density at radius 3 is 2.29 bits per heavy atom. The lowest BCUT2D eigenvalue weighted by molar-refractivity contribution is 0.529. The third-order valence-corrected chi connectivity index (χ3v) is 3.17. The first kappa shape index (κ1) is 15.4.